The lowest BCUT2D eigenvalue weighted by Crippen LogP contribution is -2.26. The fraction of sp³-hybridized carbons (Fsp3) is 0.417. The number of carbonyl (C=O) groups excluding carboxylic acids is 1. The van der Waals surface area contributed by atoms with Gasteiger partial charge in [-0.25, -0.2) is 4.39 Å². The van der Waals surface area contributed by atoms with Crippen molar-refractivity contribution in [3.63, 3.8) is 0 Å². The average Bonchev–Trinajstić information content (AvgIpc) is 2.33. The molecule has 0 aliphatic heterocycles. The summed E-state index contributed by atoms with van der Waals surface area (Å²) < 4.78 is 18.3. The van der Waals surface area contributed by atoms with Gasteiger partial charge in [-0.05, 0) is 12.1 Å². The highest BCUT2D eigenvalue weighted by molar-refractivity contribution is 5.98. The zero-order chi connectivity index (χ0) is 13.4. The van der Waals surface area contributed by atoms with Crippen molar-refractivity contribution in [1.29, 1.82) is 0 Å². The number of halogens is 1. The molecule has 4 N–H and O–H groups in total. The van der Waals surface area contributed by atoms with Gasteiger partial charge in [0, 0.05) is 32.4 Å². The van der Waals surface area contributed by atoms with E-state index >= 15 is 0 Å². The number of nitrogens with one attached hydrogen (secondary N) is 2. The van der Waals surface area contributed by atoms with Crippen LogP contribution in [0.3, 0.4) is 0 Å². The number of carbonyl (C=O) groups is 1. The van der Waals surface area contributed by atoms with Crippen LogP contribution in [0, 0.1) is 5.82 Å². The van der Waals surface area contributed by atoms with E-state index in [0.717, 1.165) is 6.54 Å². The molecule has 0 atom stereocenters. The smallest absolute Gasteiger partial charge is 0.253 e. The number of hydrogen-bond acceptors (Lipinski definition) is 4. The summed E-state index contributed by atoms with van der Waals surface area (Å²) in [5.41, 5.74) is 5.44. The Morgan fingerprint density at radius 1 is 1.39 bits per heavy atom. The molecule has 1 aromatic carbocycles. The Morgan fingerprint density at radius 3 is 2.83 bits per heavy atom. The van der Waals surface area contributed by atoms with Crippen LogP contribution in [0.1, 0.15) is 10.4 Å². The molecule has 18 heavy (non-hydrogen) atoms. The third-order valence-corrected chi connectivity index (χ3v) is 2.36. The van der Waals surface area contributed by atoms with Crippen molar-refractivity contribution in [2.24, 2.45) is 5.73 Å². The molecule has 1 aromatic rings. The van der Waals surface area contributed by atoms with E-state index in [1.54, 1.807) is 13.2 Å². The minimum Gasteiger partial charge on any atom is -0.383 e. The minimum atomic E-state index is -0.775. The Hall–Kier alpha value is -1.66. The summed E-state index contributed by atoms with van der Waals surface area (Å²) in [5.74, 6) is -1.39. The van der Waals surface area contributed by atoms with Crippen molar-refractivity contribution in [1.82, 2.24) is 5.32 Å². The fourth-order valence-corrected chi connectivity index (χ4v) is 1.51. The molecule has 0 aliphatic carbocycles. The van der Waals surface area contributed by atoms with Crippen LogP contribution in [0.25, 0.3) is 0 Å². The summed E-state index contributed by atoms with van der Waals surface area (Å²) in [7, 11) is 1.63. The van der Waals surface area contributed by atoms with Gasteiger partial charge in [-0.3, -0.25) is 4.79 Å². The number of hydrogen-bond donors (Lipinski definition) is 3. The van der Waals surface area contributed by atoms with E-state index in [4.69, 9.17) is 10.5 Å². The van der Waals surface area contributed by atoms with E-state index in [2.05, 4.69) is 10.6 Å². The zero-order valence-electron chi connectivity index (χ0n) is 10.3. The first-order valence-corrected chi connectivity index (χ1v) is 5.68. The molecule has 0 spiro atoms. The van der Waals surface area contributed by atoms with Crippen molar-refractivity contribution in [3.05, 3.63) is 29.6 Å². The molecule has 0 radical (unpaired) electrons. The van der Waals surface area contributed by atoms with E-state index < -0.39 is 11.7 Å². The first-order valence-electron chi connectivity index (χ1n) is 5.68. The molecular formula is C12H18FN3O2. The lowest BCUT2D eigenvalue weighted by molar-refractivity contribution is 0.0997. The highest BCUT2D eigenvalue weighted by Gasteiger charge is 2.12. The van der Waals surface area contributed by atoms with Gasteiger partial charge in [0.05, 0.1) is 12.2 Å². The monoisotopic (exact) mass is 255 g/mol. The SMILES string of the molecule is COCCNCCNc1cccc(F)c1C(N)=O. The molecule has 0 saturated carbocycles. The maximum absolute atomic E-state index is 13.4. The lowest BCUT2D eigenvalue weighted by atomic mass is 10.1. The number of anilines is 1. The van der Waals surface area contributed by atoms with Crippen molar-refractivity contribution in [3.8, 4) is 0 Å². The molecule has 0 saturated heterocycles. The van der Waals surface area contributed by atoms with Crippen molar-refractivity contribution < 1.29 is 13.9 Å². The number of ether oxygens (including phenoxy) is 1. The maximum Gasteiger partial charge on any atom is 0.253 e. The second kappa shape index (κ2) is 7.62. The first-order chi connectivity index (χ1) is 8.66. The molecule has 1 rings (SSSR count). The summed E-state index contributed by atoms with van der Waals surface area (Å²) >= 11 is 0. The molecule has 5 nitrogen and oxygen atoms in total. The molecule has 0 bridgehead atoms. The number of nitrogens with two attached hydrogens (primary N) is 1. The molecule has 1 amide bonds. The third-order valence-electron chi connectivity index (χ3n) is 2.36. The van der Waals surface area contributed by atoms with E-state index in [1.807, 2.05) is 0 Å². The largest absolute Gasteiger partial charge is 0.383 e. The van der Waals surface area contributed by atoms with Gasteiger partial charge in [0.2, 0.25) is 0 Å². The Kier molecular flexibility index (Phi) is 6.10. The standard InChI is InChI=1S/C12H18FN3O2/c1-18-8-7-15-5-6-16-10-4-2-3-9(13)11(10)12(14)17/h2-4,15-16H,5-8H2,1H3,(H2,14,17). The van der Waals surface area contributed by atoms with Crippen LogP contribution in [-0.4, -0.2) is 39.3 Å². The summed E-state index contributed by atoms with van der Waals surface area (Å²) in [6, 6.07) is 4.36. The zero-order valence-corrected chi connectivity index (χ0v) is 10.3. The number of amides is 1. The quantitative estimate of drug-likeness (QED) is 0.594. The molecule has 100 valence electrons. The van der Waals surface area contributed by atoms with Crippen LogP contribution >= 0.6 is 0 Å². The molecular weight excluding hydrogens is 237 g/mol. The van der Waals surface area contributed by atoms with Gasteiger partial charge in [-0.2, -0.15) is 0 Å². The Labute approximate surface area is 106 Å². The molecule has 0 unspecified atom stereocenters. The van der Waals surface area contributed by atoms with Crippen LogP contribution in [-0.2, 0) is 4.74 Å². The van der Waals surface area contributed by atoms with Gasteiger partial charge < -0.3 is 21.1 Å². The number of primary amides is 1. The molecule has 0 aromatic heterocycles. The van der Waals surface area contributed by atoms with Crippen LogP contribution < -0.4 is 16.4 Å². The first kappa shape index (κ1) is 14.4. The fourth-order valence-electron chi connectivity index (χ4n) is 1.51. The molecule has 0 fully saturated rings. The van der Waals surface area contributed by atoms with Crippen molar-refractivity contribution >= 4 is 11.6 Å². The highest BCUT2D eigenvalue weighted by atomic mass is 19.1. The average molecular weight is 255 g/mol. The van der Waals surface area contributed by atoms with Crippen LogP contribution in [0.4, 0.5) is 10.1 Å². The number of benzene rings is 1. The van der Waals surface area contributed by atoms with Crippen molar-refractivity contribution in [2.45, 2.75) is 0 Å². The summed E-state index contributed by atoms with van der Waals surface area (Å²) in [6.07, 6.45) is 0. The lowest BCUT2D eigenvalue weighted by Gasteiger charge is -2.11. The van der Waals surface area contributed by atoms with E-state index in [1.165, 1.54) is 12.1 Å². The highest BCUT2D eigenvalue weighted by Crippen LogP contribution is 2.17. The number of rotatable bonds is 8. The summed E-state index contributed by atoms with van der Waals surface area (Å²) in [6.45, 7) is 2.61. The molecule has 6 heteroatoms. The summed E-state index contributed by atoms with van der Waals surface area (Å²) in [5, 5.41) is 6.09. The van der Waals surface area contributed by atoms with Gasteiger partial charge in [0.25, 0.3) is 5.91 Å². The predicted molar refractivity (Wildman–Crippen MR) is 68.2 cm³/mol. The normalized spacial score (nSPS) is 10.3. The Morgan fingerprint density at radius 2 is 2.17 bits per heavy atom. The Balaban J connectivity index is 2.47. The van der Waals surface area contributed by atoms with Gasteiger partial charge in [0.1, 0.15) is 5.82 Å². The maximum atomic E-state index is 13.4. The van der Waals surface area contributed by atoms with Gasteiger partial charge in [0.15, 0.2) is 0 Å². The van der Waals surface area contributed by atoms with Gasteiger partial charge in [-0.15, -0.1) is 0 Å². The Bertz CT molecular complexity index is 399. The second-order valence-corrected chi connectivity index (χ2v) is 3.70. The van der Waals surface area contributed by atoms with Crippen LogP contribution in [0.5, 0.6) is 0 Å². The van der Waals surface area contributed by atoms with Gasteiger partial charge in [-0.1, -0.05) is 6.07 Å². The minimum absolute atomic E-state index is 0.102. The van der Waals surface area contributed by atoms with E-state index in [0.29, 0.717) is 25.4 Å². The van der Waals surface area contributed by atoms with Crippen LogP contribution in [0.2, 0.25) is 0 Å². The topological polar surface area (TPSA) is 76.4 Å². The van der Waals surface area contributed by atoms with E-state index in [-0.39, 0.29) is 5.56 Å². The third kappa shape index (κ3) is 4.31. The molecule has 0 aliphatic rings. The van der Waals surface area contributed by atoms with Crippen molar-refractivity contribution in [2.75, 3.05) is 38.7 Å². The second-order valence-electron chi connectivity index (χ2n) is 3.70. The molecule has 0 heterocycles. The van der Waals surface area contributed by atoms with Crippen LogP contribution in [0.15, 0.2) is 18.2 Å². The predicted octanol–water partition coefficient (Wildman–Crippen LogP) is 0.572. The number of methoxy groups -OCH3 is 1. The van der Waals surface area contributed by atoms with Gasteiger partial charge >= 0.3 is 0 Å². The van der Waals surface area contributed by atoms with E-state index in [9.17, 15) is 9.18 Å². The summed E-state index contributed by atoms with van der Waals surface area (Å²) in [4.78, 5) is 11.1.